The SMILES string of the molecule is O=C(CC1CC2(CCN(Cc3ccsc3)CC2)Oc2ccccc21)NCC1CC1. The van der Waals surface area contributed by atoms with E-state index in [0.29, 0.717) is 6.42 Å². The van der Waals surface area contributed by atoms with Crippen molar-refractivity contribution in [2.24, 2.45) is 5.92 Å². The molecular formula is C24H30N2O2S. The number of likely N-dealkylation sites (tertiary alicyclic amines) is 1. The lowest BCUT2D eigenvalue weighted by atomic mass is 9.76. The fourth-order valence-corrected chi connectivity index (χ4v) is 5.53. The molecule has 0 bridgehead atoms. The van der Waals surface area contributed by atoms with E-state index in [-0.39, 0.29) is 17.4 Å². The Morgan fingerprint density at radius 3 is 2.79 bits per heavy atom. The monoisotopic (exact) mass is 410 g/mol. The number of thiophene rings is 1. The lowest BCUT2D eigenvalue weighted by molar-refractivity contribution is -0.122. The molecule has 0 radical (unpaired) electrons. The highest BCUT2D eigenvalue weighted by molar-refractivity contribution is 7.07. The van der Waals surface area contributed by atoms with Crippen molar-refractivity contribution in [1.82, 2.24) is 10.2 Å². The maximum atomic E-state index is 12.6. The highest BCUT2D eigenvalue weighted by atomic mass is 32.1. The second kappa shape index (κ2) is 8.11. The molecule has 1 amide bonds. The van der Waals surface area contributed by atoms with Crippen LogP contribution in [0.25, 0.3) is 0 Å². The largest absolute Gasteiger partial charge is 0.487 e. The van der Waals surface area contributed by atoms with Gasteiger partial charge in [-0.1, -0.05) is 18.2 Å². The van der Waals surface area contributed by atoms with Gasteiger partial charge in [-0.05, 0) is 72.0 Å². The van der Waals surface area contributed by atoms with E-state index in [1.807, 2.05) is 6.07 Å². The third-order valence-electron chi connectivity index (χ3n) is 6.77. The lowest BCUT2D eigenvalue weighted by Crippen LogP contribution is -2.50. The average molecular weight is 411 g/mol. The highest BCUT2D eigenvalue weighted by Crippen LogP contribution is 2.46. The third kappa shape index (κ3) is 4.51. The number of nitrogens with zero attached hydrogens (tertiary/aromatic N) is 1. The van der Waals surface area contributed by atoms with Crippen molar-refractivity contribution in [2.75, 3.05) is 19.6 Å². The number of benzene rings is 1. The molecule has 1 saturated carbocycles. The predicted octanol–water partition coefficient (Wildman–Crippen LogP) is 4.57. The van der Waals surface area contributed by atoms with Gasteiger partial charge in [0, 0.05) is 38.5 Å². The number of ether oxygens (including phenoxy) is 1. The zero-order chi connectivity index (χ0) is 19.7. The van der Waals surface area contributed by atoms with Gasteiger partial charge in [-0.2, -0.15) is 11.3 Å². The van der Waals surface area contributed by atoms with Crippen LogP contribution in [-0.2, 0) is 11.3 Å². The molecule has 5 rings (SSSR count). The average Bonchev–Trinajstić information content (AvgIpc) is 3.43. The molecule has 1 saturated heterocycles. The van der Waals surface area contributed by atoms with Crippen LogP contribution < -0.4 is 10.1 Å². The number of nitrogens with one attached hydrogen (secondary N) is 1. The minimum atomic E-state index is -0.124. The third-order valence-corrected chi connectivity index (χ3v) is 7.51. The molecule has 1 aliphatic carbocycles. The Bertz CT molecular complexity index is 838. The number of rotatable bonds is 6. The normalized spacial score (nSPS) is 23.4. The van der Waals surface area contributed by atoms with E-state index in [2.05, 4.69) is 45.2 Å². The molecule has 2 aromatic rings. The molecule has 29 heavy (non-hydrogen) atoms. The summed E-state index contributed by atoms with van der Waals surface area (Å²) in [5.41, 5.74) is 2.49. The molecule has 4 nitrogen and oxygen atoms in total. The fourth-order valence-electron chi connectivity index (χ4n) is 4.87. The molecule has 2 aliphatic heterocycles. The van der Waals surface area contributed by atoms with E-state index < -0.39 is 0 Å². The number of hydrogen-bond acceptors (Lipinski definition) is 4. The van der Waals surface area contributed by atoms with Crippen LogP contribution in [0.3, 0.4) is 0 Å². The lowest BCUT2D eigenvalue weighted by Gasteiger charge is -2.47. The first-order chi connectivity index (χ1) is 14.2. The van der Waals surface area contributed by atoms with Gasteiger partial charge in [0.15, 0.2) is 0 Å². The zero-order valence-electron chi connectivity index (χ0n) is 16.9. The van der Waals surface area contributed by atoms with Gasteiger partial charge in [-0.15, -0.1) is 0 Å². The maximum Gasteiger partial charge on any atom is 0.220 e. The van der Waals surface area contributed by atoms with Crippen LogP contribution in [0.4, 0.5) is 0 Å². The second-order valence-corrected chi connectivity index (χ2v) is 9.86. The van der Waals surface area contributed by atoms with Crippen molar-refractivity contribution in [3.8, 4) is 5.75 Å². The minimum Gasteiger partial charge on any atom is -0.487 e. The van der Waals surface area contributed by atoms with Crippen molar-refractivity contribution < 1.29 is 9.53 Å². The first kappa shape index (κ1) is 19.1. The second-order valence-electron chi connectivity index (χ2n) is 9.08. The summed E-state index contributed by atoms with van der Waals surface area (Å²) in [4.78, 5) is 15.1. The number of fused-ring (bicyclic) bond motifs is 1. The first-order valence-electron chi connectivity index (χ1n) is 11.0. The van der Waals surface area contributed by atoms with E-state index in [9.17, 15) is 4.79 Å². The van der Waals surface area contributed by atoms with Crippen LogP contribution in [0.2, 0.25) is 0 Å². The highest BCUT2D eigenvalue weighted by Gasteiger charge is 2.43. The molecule has 1 aromatic carbocycles. The standard InChI is InChI=1S/C24H30N2O2S/c27-23(25-15-18-5-6-18)13-20-14-24(28-22-4-2-1-3-21(20)22)8-10-26(11-9-24)16-19-7-12-29-17-19/h1-4,7,12,17-18,20H,5-6,8-11,13-16H2,(H,25,27). The summed E-state index contributed by atoms with van der Waals surface area (Å²) in [6, 6.07) is 10.6. The topological polar surface area (TPSA) is 41.6 Å². The summed E-state index contributed by atoms with van der Waals surface area (Å²) in [5, 5.41) is 7.56. The molecule has 1 atom stereocenters. The fraction of sp³-hybridized carbons (Fsp3) is 0.542. The van der Waals surface area contributed by atoms with Crippen LogP contribution in [0.15, 0.2) is 41.1 Å². The summed E-state index contributed by atoms with van der Waals surface area (Å²) in [5.74, 6) is 2.16. The van der Waals surface area contributed by atoms with Gasteiger partial charge in [-0.3, -0.25) is 9.69 Å². The molecule has 2 fully saturated rings. The van der Waals surface area contributed by atoms with Crippen molar-refractivity contribution in [1.29, 1.82) is 0 Å². The molecule has 1 unspecified atom stereocenters. The van der Waals surface area contributed by atoms with E-state index >= 15 is 0 Å². The number of carbonyl (C=O) groups excluding carboxylic acids is 1. The molecule has 1 N–H and O–H groups in total. The molecule has 5 heteroatoms. The van der Waals surface area contributed by atoms with Gasteiger partial charge in [-0.25, -0.2) is 0 Å². The van der Waals surface area contributed by atoms with E-state index in [1.54, 1.807) is 11.3 Å². The summed E-state index contributed by atoms with van der Waals surface area (Å²) in [7, 11) is 0. The Morgan fingerprint density at radius 2 is 2.03 bits per heavy atom. The molecule has 1 spiro atoms. The van der Waals surface area contributed by atoms with Crippen molar-refractivity contribution >= 4 is 17.2 Å². The summed E-state index contributed by atoms with van der Waals surface area (Å²) < 4.78 is 6.61. The first-order valence-corrected chi connectivity index (χ1v) is 11.9. The Labute approximate surface area is 177 Å². The summed E-state index contributed by atoms with van der Waals surface area (Å²) in [6.07, 6.45) is 6.13. The zero-order valence-corrected chi connectivity index (χ0v) is 17.8. The minimum absolute atomic E-state index is 0.124. The van der Waals surface area contributed by atoms with Gasteiger partial charge in [0.05, 0.1) is 0 Å². The van der Waals surface area contributed by atoms with E-state index in [4.69, 9.17) is 4.74 Å². The Hall–Kier alpha value is -1.85. The van der Waals surface area contributed by atoms with Gasteiger partial charge >= 0.3 is 0 Å². The predicted molar refractivity (Wildman–Crippen MR) is 116 cm³/mol. The van der Waals surface area contributed by atoms with E-state index in [1.165, 1.54) is 24.0 Å². The van der Waals surface area contributed by atoms with Crippen LogP contribution >= 0.6 is 11.3 Å². The number of para-hydroxylation sites is 1. The van der Waals surface area contributed by atoms with E-state index in [0.717, 1.165) is 57.1 Å². The van der Waals surface area contributed by atoms with Crippen molar-refractivity contribution in [3.05, 3.63) is 52.2 Å². The van der Waals surface area contributed by atoms with Crippen LogP contribution in [0.1, 0.15) is 55.6 Å². The van der Waals surface area contributed by atoms with Crippen molar-refractivity contribution in [3.63, 3.8) is 0 Å². The molecule has 154 valence electrons. The number of amides is 1. The summed E-state index contributed by atoms with van der Waals surface area (Å²) in [6.45, 7) is 3.99. The quantitative estimate of drug-likeness (QED) is 0.759. The molecule has 3 heterocycles. The van der Waals surface area contributed by atoms with Crippen LogP contribution in [-0.4, -0.2) is 36.0 Å². The summed E-state index contributed by atoms with van der Waals surface area (Å²) >= 11 is 1.77. The van der Waals surface area contributed by atoms with Gasteiger partial charge in [0.1, 0.15) is 11.4 Å². The van der Waals surface area contributed by atoms with Gasteiger partial charge in [0.25, 0.3) is 0 Å². The maximum absolute atomic E-state index is 12.6. The van der Waals surface area contributed by atoms with Gasteiger partial charge in [0.2, 0.25) is 5.91 Å². The number of carbonyl (C=O) groups is 1. The Balaban J connectivity index is 1.26. The molecule has 1 aromatic heterocycles. The van der Waals surface area contributed by atoms with Gasteiger partial charge < -0.3 is 10.1 Å². The molecule has 3 aliphatic rings. The molecular weight excluding hydrogens is 380 g/mol. The van der Waals surface area contributed by atoms with Crippen molar-refractivity contribution in [2.45, 2.75) is 56.6 Å². The smallest absolute Gasteiger partial charge is 0.220 e. The Morgan fingerprint density at radius 1 is 1.21 bits per heavy atom. The van der Waals surface area contributed by atoms with Crippen LogP contribution in [0, 0.1) is 5.92 Å². The number of piperidine rings is 1. The van der Waals surface area contributed by atoms with Crippen LogP contribution in [0.5, 0.6) is 5.75 Å². The number of hydrogen-bond donors (Lipinski definition) is 1. The Kier molecular flexibility index (Phi) is 5.35.